The van der Waals surface area contributed by atoms with Crippen LogP contribution in [0.3, 0.4) is 0 Å². The van der Waals surface area contributed by atoms with Gasteiger partial charge in [0.25, 0.3) is 25.8 Å². The van der Waals surface area contributed by atoms with Crippen LogP contribution < -0.4 is 14.9 Å². The number of thioether (sulfide) groups is 1. The SMILES string of the molecule is CC1(C)CCC(c2ccc(Cl)cc2)=C(CN2CCN(c3ccc(C(=O)NS(=O)(=O)c4ccc(N[C@H](CCN5CCC(CP(=O)(O)O)CC5)CSc5ccccc5)c(S(=O)(=O)C(F)(F)F)c4)cc3)CC2)C1. The van der Waals surface area contributed by atoms with Crippen LogP contribution >= 0.6 is 31.0 Å². The van der Waals surface area contributed by atoms with Crippen molar-refractivity contribution in [3.63, 3.8) is 0 Å². The van der Waals surface area contributed by atoms with E-state index < -0.39 is 60.4 Å². The van der Waals surface area contributed by atoms with Crippen molar-refractivity contribution in [1.29, 1.82) is 0 Å². The molecule has 1 aliphatic carbocycles. The molecule has 3 aliphatic rings. The second kappa shape index (κ2) is 22.5. The monoisotopic (exact) mass is 1070 g/mol. The van der Waals surface area contributed by atoms with Crippen molar-refractivity contribution in [3.05, 3.63) is 119 Å². The molecule has 0 aromatic heterocycles. The smallest absolute Gasteiger partial charge is 0.380 e. The van der Waals surface area contributed by atoms with E-state index in [4.69, 9.17) is 11.6 Å². The molecular formula is C49H60ClF3N5O8PS3. The molecule has 2 fully saturated rings. The Morgan fingerprint density at radius 1 is 0.886 bits per heavy atom. The van der Waals surface area contributed by atoms with E-state index in [-0.39, 0.29) is 23.1 Å². The minimum absolute atomic E-state index is 0.0289. The topological polar surface area (TPSA) is 177 Å². The average Bonchev–Trinajstić information content (AvgIpc) is 3.30. The molecule has 1 atom stereocenters. The highest BCUT2D eigenvalue weighted by atomic mass is 35.5. The summed E-state index contributed by atoms with van der Waals surface area (Å²) in [6.07, 6.45) is 4.35. The van der Waals surface area contributed by atoms with Crippen LogP contribution in [0.25, 0.3) is 5.57 Å². The number of rotatable bonds is 18. The predicted molar refractivity (Wildman–Crippen MR) is 271 cm³/mol. The second-order valence-corrected chi connectivity index (χ2v) is 26.0. The van der Waals surface area contributed by atoms with Gasteiger partial charge in [-0.3, -0.25) is 14.3 Å². The van der Waals surface area contributed by atoms with Crippen LogP contribution in [0.15, 0.2) is 117 Å². The Hall–Kier alpha value is -3.91. The number of amides is 1. The van der Waals surface area contributed by atoms with Crippen LogP contribution in [0.4, 0.5) is 24.5 Å². The number of nitrogens with one attached hydrogen (secondary N) is 2. The zero-order valence-electron chi connectivity index (χ0n) is 39.1. The summed E-state index contributed by atoms with van der Waals surface area (Å²) in [5.41, 5.74) is -1.23. The maximum absolute atomic E-state index is 14.3. The highest BCUT2D eigenvalue weighted by Crippen LogP contribution is 2.44. The molecule has 2 saturated heterocycles. The summed E-state index contributed by atoms with van der Waals surface area (Å²) in [7, 11) is -15.2. The Labute approximate surface area is 418 Å². The number of anilines is 2. The van der Waals surface area contributed by atoms with E-state index in [1.807, 2.05) is 47.2 Å². The van der Waals surface area contributed by atoms with Gasteiger partial charge < -0.3 is 24.9 Å². The number of benzene rings is 4. The molecule has 0 radical (unpaired) electrons. The number of halogens is 4. The Kier molecular flexibility index (Phi) is 17.3. The van der Waals surface area contributed by atoms with Gasteiger partial charge in [0, 0.05) is 72.2 Å². The number of sulfonamides is 1. The normalized spacial score (nSPS) is 18.4. The molecule has 4 aromatic rings. The molecule has 4 N–H and O–H groups in total. The number of alkyl halides is 3. The lowest BCUT2D eigenvalue weighted by atomic mass is 9.73. The van der Waals surface area contributed by atoms with Gasteiger partial charge in [0.1, 0.15) is 4.90 Å². The molecule has 0 spiro atoms. The Morgan fingerprint density at radius 3 is 2.17 bits per heavy atom. The summed E-state index contributed by atoms with van der Waals surface area (Å²) < 4.78 is 110. The maximum Gasteiger partial charge on any atom is 0.501 e. The molecule has 2 heterocycles. The first-order valence-corrected chi connectivity index (χ1v) is 29.4. The number of carbonyl (C=O) groups is 1. The van der Waals surface area contributed by atoms with E-state index >= 15 is 0 Å². The number of likely N-dealkylation sites (tertiary alicyclic amines) is 1. The summed E-state index contributed by atoms with van der Waals surface area (Å²) >= 11 is 7.58. The van der Waals surface area contributed by atoms with E-state index in [0.717, 1.165) is 74.7 Å². The zero-order chi connectivity index (χ0) is 50.5. The first kappa shape index (κ1) is 53.9. The van der Waals surface area contributed by atoms with Crippen molar-refractivity contribution < 1.29 is 49.2 Å². The highest BCUT2D eigenvalue weighted by Gasteiger charge is 2.48. The van der Waals surface area contributed by atoms with Gasteiger partial charge in [-0.05, 0) is 141 Å². The van der Waals surface area contributed by atoms with Crippen molar-refractivity contribution >= 4 is 73.7 Å². The van der Waals surface area contributed by atoms with Crippen molar-refractivity contribution in [2.75, 3.05) is 74.5 Å². The molecule has 13 nitrogen and oxygen atoms in total. The summed E-state index contributed by atoms with van der Waals surface area (Å²) in [6.45, 7) is 10.0. The maximum atomic E-state index is 14.3. The van der Waals surface area contributed by atoms with Crippen molar-refractivity contribution in [2.24, 2.45) is 11.3 Å². The van der Waals surface area contributed by atoms with Crippen LogP contribution in [0, 0.1) is 11.3 Å². The summed E-state index contributed by atoms with van der Waals surface area (Å²) in [5, 5.41) is 3.67. The van der Waals surface area contributed by atoms with E-state index in [1.165, 1.54) is 40.6 Å². The number of hydrogen-bond acceptors (Lipinski definition) is 11. The minimum atomic E-state index is -6.12. The first-order chi connectivity index (χ1) is 32.9. The van der Waals surface area contributed by atoms with Gasteiger partial charge >= 0.3 is 13.1 Å². The molecule has 70 heavy (non-hydrogen) atoms. The third-order valence-electron chi connectivity index (χ3n) is 13.3. The molecule has 0 unspecified atom stereocenters. The zero-order valence-corrected chi connectivity index (χ0v) is 43.2. The molecule has 21 heteroatoms. The van der Waals surface area contributed by atoms with E-state index in [9.17, 15) is 49.2 Å². The lowest BCUT2D eigenvalue weighted by Gasteiger charge is -2.39. The molecule has 1 amide bonds. The number of carbonyl (C=O) groups excluding carboxylic acids is 1. The van der Waals surface area contributed by atoms with Crippen LogP contribution in [-0.2, 0) is 24.4 Å². The third-order valence-corrected chi connectivity index (χ3v) is 18.6. The van der Waals surface area contributed by atoms with Crippen LogP contribution in [0.5, 0.6) is 0 Å². The number of allylic oxidation sites excluding steroid dienone is 1. The fourth-order valence-electron chi connectivity index (χ4n) is 9.40. The van der Waals surface area contributed by atoms with Gasteiger partial charge in [0.15, 0.2) is 0 Å². The molecule has 380 valence electrons. The predicted octanol–water partition coefficient (Wildman–Crippen LogP) is 9.39. The largest absolute Gasteiger partial charge is 0.501 e. The molecule has 2 aliphatic heterocycles. The van der Waals surface area contributed by atoms with E-state index in [1.54, 1.807) is 12.1 Å². The quantitative estimate of drug-likeness (QED) is 0.0548. The Balaban J connectivity index is 1.01. The number of nitrogens with zero attached hydrogens (tertiary/aromatic N) is 3. The van der Waals surface area contributed by atoms with E-state index in [0.29, 0.717) is 55.7 Å². The third kappa shape index (κ3) is 14.4. The second-order valence-electron chi connectivity index (χ2n) is 19.2. The number of sulfone groups is 1. The fraction of sp³-hybridized carbons (Fsp3) is 0.449. The lowest BCUT2D eigenvalue weighted by molar-refractivity contribution is -0.0436. The van der Waals surface area contributed by atoms with Gasteiger partial charge in [-0.15, -0.1) is 11.8 Å². The molecule has 7 rings (SSSR count). The highest BCUT2D eigenvalue weighted by molar-refractivity contribution is 7.99. The van der Waals surface area contributed by atoms with Crippen molar-refractivity contribution in [2.45, 2.75) is 78.6 Å². The minimum Gasteiger partial charge on any atom is -0.380 e. The van der Waals surface area contributed by atoms with Crippen LogP contribution in [0.1, 0.15) is 68.3 Å². The van der Waals surface area contributed by atoms with Gasteiger partial charge in [-0.2, -0.15) is 13.2 Å². The average molecular weight is 1070 g/mol. The van der Waals surface area contributed by atoms with Gasteiger partial charge in [0.05, 0.1) is 16.7 Å². The molecule has 4 aromatic carbocycles. The summed E-state index contributed by atoms with van der Waals surface area (Å²) in [4.78, 5) is 37.6. The molecule has 0 bridgehead atoms. The summed E-state index contributed by atoms with van der Waals surface area (Å²) in [6, 6.07) is 25.3. The molecular weight excluding hydrogens is 1010 g/mol. The number of piperazine rings is 1. The fourth-order valence-corrected chi connectivity index (χ4v) is 13.6. The number of hydrogen-bond donors (Lipinski definition) is 4. The van der Waals surface area contributed by atoms with E-state index in [2.05, 4.69) is 46.0 Å². The van der Waals surface area contributed by atoms with Crippen molar-refractivity contribution in [1.82, 2.24) is 14.5 Å². The summed E-state index contributed by atoms with van der Waals surface area (Å²) in [5.74, 6) is -0.909. The van der Waals surface area contributed by atoms with Gasteiger partial charge in [-0.1, -0.05) is 61.4 Å². The van der Waals surface area contributed by atoms with Gasteiger partial charge in [-0.25, -0.2) is 21.6 Å². The molecule has 0 saturated carbocycles. The van der Waals surface area contributed by atoms with Crippen LogP contribution in [-0.4, -0.2) is 118 Å². The van der Waals surface area contributed by atoms with Crippen molar-refractivity contribution in [3.8, 4) is 0 Å². The number of piperidine rings is 1. The first-order valence-electron chi connectivity index (χ1n) is 23.2. The standard InChI is InChI=1S/C49H60ClF3N5O8PS3/c1-48(2)22-18-44(36-8-12-39(50)13-9-36)38(31-48)32-57-26-28-58(29-27-57)41-14-10-37(11-15-41)47(59)55-70(65,66)43-16-17-45(46(30-43)69(63,64)49(51,52)53)54-40(34-68-42-6-4-3-5-7-42)21-25-56-23-19-35(20-24-56)33-67(60,61)62/h3-17,30,35,40,54H,18-29,31-34H2,1-2H3,(H,55,59)(H2,60,61,62)/t40-/m1/s1. The Bertz CT molecular complexity index is 2770. The van der Waals surface area contributed by atoms with Gasteiger partial charge in [0.2, 0.25) is 0 Å². The Morgan fingerprint density at radius 2 is 1.54 bits per heavy atom. The van der Waals surface area contributed by atoms with Crippen LogP contribution in [0.2, 0.25) is 5.02 Å². The lowest BCUT2D eigenvalue weighted by Crippen LogP contribution is -2.47.